The monoisotopic (exact) mass is 251 g/mol. The third-order valence-corrected chi connectivity index (χ3v) is 4.94. The number of anilines is 2. The normalized spacial score (nSPS) is 21.5. The first-order valence-corrected chi connectivity index (χ1v) is 7.50. The van der Waals surface area contributed by atoms with E-state index in [9.17, 15) is 0 Å². The molecule has 94 valence electrons. The minimum Gasteiger partial charge on any atom is -0.383 e. The van der Waals surface area contributed by atoms with Crippen molar-refractivity contribution in [3.63, 3.8) is 0 Å². The molecule has 2 aliphatic carbocycles. The predicted octanol–water partition coefficient (Wildman–Crippen LogP) is 3.59. The van der Waals surface area contributed by atoms with Gasteiger partial charge in [0, 0.05) is 12.1 Å². The Morgan fingerprint density at radius 3 is 2.82 bits per heavy atom. The summed E-state index contributed by atoms with van der Waals surface area (Å²) in [4.78, 5) is 0. The average Bonchev–Trinajstić information content (AvgIpc) is 3.21. The third kappa shape index (κ3) is 2.28. The molecule has 0 aliphatic heterocycles. The van der Waals surface area contributed by atoms with Gasteiger partial charge < -0.3 is 11.1 Å². The van der Waals surface area contributed by atoms with Crippen LogP contribution in [0.15, 0.2) is 0 Å². The zero-order valence-electron chi connectivity index (χ0n) is 10.5. The predicted molar refractivity (Wildman–Crippen MR) is 73.6 cm³/mol. The molecule has 0 aromatic carbocycles. The zero-order valence-corrected chi connectivity index (χ0v) is 11.3. The lowest BCUT2D eigenvalue weighted by molar-refractivity contribution is 0.486. The summed E-state index contributed by atoms with van der Waals surface area (Å²) in [7, 11) is 0. The van der Waals surface area contributed by atoms with Gasteiger partial charge in [0.25, 0.3) is 0 Å². The minimum absolute atomic E-state index is 0.592. The van der Waals surface area contributed by atoms with Crippen LogP contribution >= 0.6 is 11.5 Å². The Hall–Kier alpha value is -0.770. The van der Waals surface area contributed by atoms with Crippen molar-refractivity contribution in [2.45, 2.75) is 51.4 Å². The molecule has 1 heterocycles. The standard InChI is InChI=1S/C13H21N3S/c1-2-5-13(6-7-13)8-15-12-10(9-3-4-9)11(14)16-17-12/h9,15H,2-8H2,1H3,(H2,14,16). The lowest BCUT2D eigenvalue weighted by Gasteiger charge is -2.15. The van der Waals surface area contributed by atoms with E-state index in [2.05, 4.69) is 16.6 Å². The van der Waals surface area contributed by atoms with Gasteiger partial charge in [0.15, 0.2) is 0 Å². The maximum atomic E-state index is 5.96. The fourth-order valence-electron chi connectivity index (χ4n) is 2.69. The maximum Gasteiger partial charge on any atom is 0.142 e. The molecule has 2 fully saturated rings. The number of nitrogens with two attached hydrogens (primary N) is 1. The Morgan fingerprint density at radius 1 is 1.47 bits per heavy atom. The molecule has 4 heteroatoms. The molecule has 0 atom stereocenters. The van der Waals surface area contributed by atoms with Crippen LogP contribution in [0.3, 0.4) is 0 Å². The second-order valence-corrected chi connectivity index (χ2v) is 6.46. The minimum atomic E-state index is 0.592. The van der Waals surface area contributed by atoms with Gasteiger partial charge in [-0.25, -0.2) is 0 Å². The van der Waals surface area contributed by atoms with E-state index in [1.54, 1.807) is 11.5 Å². The summed E-state index contributed by atoms with van der Waals surface area (Å²) in [5.41, 5.74) is 7.85. The third-order valence-electron chi connectivity index (χ3n) is 4.10. The van der Waals surface area contributed by atoms with E-state index in [-0.39, 0.29) is 0 Å². The fraction of sp³-hybridized carbons (Fsp3) is 0.769. The molecular weight excluding hydrogens is 230 g/mol. The van der Waals surface area contributed by atoms with Crippen molar-refractivity contribution >= 4 is 22.4 Å². The zero-order chi connectivity index (χ0) is 11.9. The maximum absolute atomic E-state index is 5.96. The van der Waals surface area contributed by atoms with Crippen LogP contribution in [0.2, 0.25) is 0 Å². The number of hydrogen-bond acceptors (Lipinski definition) is 4. The highest BCUT2D eigenvalue weighted by molar-refractivity contribution is 7.10. The largest absolute Gasteiger partial charge is 0.383 e. The summed E-state index contributed by atoms with van der Waals surface area (Å²) in [6.45, 7) is 3.39. The van der Waals surface area contributed by atoms with Gasteiger partial charge in [0.05, 0.1) is 0 Å². The molecule has 17 heavy (non-hydrogen) atoms. The first-order chi connectivity index (χ1) is 8.24. The smallest absolute Gasteiger partial charge is 0.142 e. The van der Waals surface area contributed by atoms with Crippen molar-refractivity contribution in [3.05, 3.63) is 5.56 Å². The Balaban J connectivity index is 1.65. The van der Waals surface area contributed by atoms with Crippen molar-refractivity contribution in [2.24, 2.45) is 5.41 Å². The molecule has 3 N–H and O–H groups in total. The van der Waals surface area contributed by atoms with Crippen LogP contribution in [0.25, 0.3) is 0 Å². The molecule has 2 saturated carbocycles. The highest BCUT2D eigenvalue weighted by Gasteiger charge is 2.41. The Morgan fingerprint density at radius 2 is 2.24 bits per heavy atom. The van der Waals surface area contributed by atoms with E-state index < -0.39 is 0 Å². The quantitative estimate of drug-likeness (QED) is 0.812. The average molecular weight is 251 g/mol. The Labute approximate surface area is 107 Å². The first-order valence-electron chi connectivity index (χ1n) is 6.73. The topological polar surface area (TPSA) is 50.9 Å². The fourth-order valence-corrected chi connectivity index (χ4v) is 3.49. The van der Waals surface area contributed by atoms with E-state index in [4.69, 9.17) is 5.73 Å². The van der Waals surface area contributed by atoms with Crippen molar-refractivity contribution in [3.8, 4) is 0 Å². The summed E-state index contributed by atoms with van der Waals surface area (Å²) in [5, 5.41) is 4.86. The summed E-state index contributed by atoms with van der Waals surface area (Å²) in [6, 6.07) is 0. The van der Waals surface area contributed by atoms with Gasteiger partial charge >= 0.3 is 0 Å². The van der Waals surface area contributed by atoms with Gasteiger partial charge in [-0.1, -0.05) is 13.3 Å². The molecule has 0 unspecified atom stereocenters. The molecule has 3 nitrogen and oxygen atoms in total. The van der Waals surface area contributed by atoms with Gasteiger partial charge in [-0.3, -0.25) is 0 Å². The van der Waals surface area contributed by atoms with Crippen LogP contribution < -0.4 is 11.1 Å². The van der Waals surface area contributed by atoms with Gasteiger partial charge in [0.2, 0.25) is 0 Å². The molecule has 0 radical (unpaired) electrons. The van der Waals surface area contributed by atoms with Crippen LogP contribution in [0.1, 0.15) is 56.9 Å². The van der Waals surface area contributed by atoms with Crippen molar-refractivity contribution < 1.29 is 0 Å². The summed E-state index contributed by atoms with van der Waals surface area (Å²) < 4.78 is 4.30. The first kappa shape index (κ1) is 11.3. The van der Waals surface area contributed by atoms with Crippen molar-refractivity contribution in [1.29, 1.82) is 0 Å². The molecular formula is C13H21N3S. The summed E-state index contributed by atoms with van der Waals surface area (Å²) in [6.07, 6.45) is 8.01. The molecule has 0 amide bonds. The van der Waals surface area contributed by atoms with E-state index in [0.717, 1.165) is 12.4 Å². The highest BCUT2D eigenvalue weighted by atomic mass is 32.1. The second kappa shape index (κ2) is 4.16. The van der Waals surface area contributed by atoms with Gasteiger partial charge in [0.1, 0.15) is 10.8 Å². The van der Waals surface area contributed by atoms with Gasteiger partial charge in [-0.15, -0.1) is 0 Å². The molecule has 1 aromatic heterocycles. The molecule has 0 bridgehead atoms. The molecule has 0 saturated heterocycles. The number of nitrogen functional groups attached to an aromatic ring is 1. The molecule has 3 rings (SSSR count). The number of nitrogens with one attached hydrogen (secondary N) is 1. The van der Waals surface area contributed by atoms with Crippen LogP contribution in [0, 0.1) is 5.41 Å². The lowest BCUT2D eigenvalue weighted by atomic mass is 10.0. The van der Waals surface area contributed by atoms with E-state index in [0.29, 0.717) is 11.3 Å². The lowest BCUT2D eigenvalue weighted by Crippen LogP contribution is -2.15. The van der Waals surface area contributed by atoms with Crippen LogP contribution in [0.5, 0.6) is 0 Å². The van der Waals surface area contributed by atoms with Gasteiger partial charge in [-0.05, 0) is 55.0 Å². The number of aromatic nitrogens is 1. The Bertz CT molecular complexity index is 405. The number of hydrogen-bond donors (Lipinski definition) is 2. The number of rotatable bonds is 6. The second-order valence-electron chi connectivity index (χ2n) is 5.69. The summed E-state index contributed by atoms with van der Waals surface area (Å²) >= 11 is 1.54. The molecule has 0 spiro atoms. The van der Waals surface area contributed by atoms with Crippen LogP contribution in [-0.2, 0) is 0 Å². The molecule has 1 aromatic rings. The van der Waals surface area contributed by atoms with E-state index in [1.807, 2.05) is 0 Å². The highest BCUT2D eigenvalue weighted by Crippen LogP contribution is 2.51. The van der Waals surface area contributed by atoms with Crippen LogP contribution in [-0.4, -0.2) is 10.9 Å². The van der Waals surface area contributed by atoms with Crippen molar-refractivity contribution in [2.75, 3.05) is 17.6 Å². The molecule has 2 aliphatic rings. The van der Waals surface area contributed by atoms with E-state index in [1.165, 1.54) is 49.1 Å². The number of nitrogens with zero attached hydrogens (tertiary/aromatic N) is 1. The summed E-state index contributed by atoms with van der Waals surface area (Å²) in [5.74, 6) is 1.46. The Kier molecular flexibility index (Phi) is 2.77. The van der Waals surface area contributed by atoms with Crippen molar-refractivity contribution in [1.82, 2.24) is 4.37 Å². The SMILES string of the molecule is CCCC1(CNc2snc(N)c2C2CC2)CC1. The van der Waals surface area contributed by atoms with E-state index >= 15 is 0 Å². The van der Waals surface area contributed by atoms with Crippen LogP contribution in [0.4, 0.5) is 10.8 Å². The van der Waals surface area contributed by atoms with Gasteiger partial charge in [-0.2, -0.15) is 4.37 Å².